The Balaban J connectivity index is 2.42. The standard InChI is InChI=1S/C16H15N3/c1-3-5-9-13(4-2)15-17-12-18-16(19-15)14-10-7-6-8-11-14/h3-12H,2H2,1H3/b5-3-,13-9+. The van der Waals surface area contributed by atoms with Gasteiger partial charge in [0.1, 0.15) is 6.33 Å². The van der Waals surface area contributed by atoms with E-state index in [1.165, 1.54) is 6.33 Å². The second-order valence-electron chi connectivity index (χ2n) is 3.85. The fraction of sp³-hybridized carbons (Fsp3) is 0.0625. The maximum Gasteiger partial charge on any atom is 0.163 e. The second-order valence-corrected chi connectivity index (χ2v) is 3.85. The molecule has 2 aromatic rings. The van der Waals surface area contributed by atoms with Gasteiger partial charge in [0.25, 0.3) is 0 Å². The van der Waals surface area contributed by atoms with E-state index in [-0.39, 0.29) is 0 Å². The van der Waals surface area contributed by atoms with E-state index in [0.717, 1.165) is 11.1 Å². The third-order valence-corrected chi connectivity index (χ3v) is 2.55. The minimum absolute atomic E-state index is 0.627. The largest absolute Gasteiger partial charge is 0.217 e. The van der Waals surface area contributed by atoms with Crippen LogP contribution in [0.5, 0.6) is 0 Å². The molecule has 0 aliphatic heterocycles. The van der Waals surface area contributed by atoms with E-state index in [2.05, 4.69) is 21.5 Å². The Morgan fingerprint density at radius 1 is 1.16 bits per heavy atom. The molecule has 0 aliphatic rings. The fourth-order valence-corrected chi connectivity index (χ4v) is 1.60. The first-order chi connectivity index (χ1) is 9.35. The van der Waals surface area contributed by atoms with Crippen LogP contribution in [-0.2, 0) is 0 Å². The summed E-state index contributed by atoms with van der Waals surface area (Å²) in [5.41, 5.74) is 1.85. The van der Waals surface area contributed by atoms with E-state index < -0.39 is 0 Å². The zero-order valence-electron chi connectivity index (χ0n) is 10.8. The van der Waals surface area contributed by atoms with Gasteiger partial charge in [-0.15, -0.1) is 0 Å². The van der Waals surface area contributed by atoms with Crippen molar-refractivity contribution in [1.82, 2.24) is 15.0 Å². The van der Waals surface area contributed by atoms with E-state index >= 15 is 0 Å². The quantitative estimate of drug-likeness (QED) is 0.776. The second kappa shape index (κ2) is 6.40. The van der Waals surface area contributed by atoms with E-state index in [9.17, 15) is 0 Å². The lowest BCUT2D eigenvalue weighted by Gasteiger charge is -2.03. The van der Waals surface area contributed by atoms with E-state index in [0.29, 0.717) is 11.6 Å². The van der Waals surface area contributed by atoms with Crippen molar-refractivity contribution < 1.29 is 0 Å². The first-order valence-electron chi connectivity index (χ1n) is 6.05. The highest BCUT2D eigenvalue weighted by Crippen LogP contribution is 2.16. The van der Waals surface area contributed by atoms with Gasteiger partial charge in [0.05, 0.1) is 0 Å². The predicted molar refractivity (Wildman–Crippen MR) is 78.3 cm³/mol. The topological polar surface area (TPSA) is 38.7 Å². The number of hydrogen-bond acceptors (Lipinski definition) is 3. The molecule has 19 heavy (non-hydrogen) atoms. The number of nitrogens with zero attached hydrogens (tertiary/aromatic N) is 3. The van der Waals surface area contributed by atoms with Crippen LogP contribution in [0, 0.1) is 0 Å². The van der Waals surface area contributed by atoms with Gasteiger partial charge in [-0.1, -0.05) is 61.2 Å². The zero-order chi connectivity index (χ0) is 13.5. The molecule has 0 amide bonds. The summed E-state index contributed by atoms with van der Waals surface area (Å²) in [6.07, 6.45) is 9.07. The molecular weight excluding hydrogens is 234 g/mol. The van der Waals surface area contributed by atoms with Crippen LogP contribution in [0.4, 0.5) is 0 Å². The Labute approximate surface area is 113 Å². The molecule has 0 unspecified atom stereocenters. The third-order valence-electron chi connectivity index (χ3n) is 2.55. The molecule has 0 N–H and O–H groups in total. The smallest absolute Gasteiger partial charge is 0.163 e. The highest BCUT2D eigenvalue weighted by molar-refractivity contribution is 5.71. The monoisotopic (exact) mass is 249 g/mol. The van der Waals surface area contributed by atoms with Gasteiger partial charge in [0.15, 0.2) is 11.6 Å². The lowest BCUT2D eigenvalue weighted by molar-refractivity contribution is 1.03. The summed E-state index contributed by atoms with van der Waals surface area (Å²) >= 11 is 0. The van der Waals surface area contributed by atoms with Gasteiger partial charge >= 0.3 is 0 Å². The number of aromatic nitrogens is 3. The summed E-state index contributed by atoms with van der Waals surface area (Å²) in [7, 11) is 0. The lowest BCUT2D eigenvalue weighted by atomic mass is 10.2. The third kappa shape index (κ3) is 3.22. The Morgan fingerprint density at radius 3 is 2.63 bits per heavy atom. The molecule has 0 aliphatic carbocycles. The number of benzene rings is 1. The van der Waals surface area contributed by atoms with Crippen molar-refractivity contribution in [2.75, 3.05) is 0 Å². The van der Waals surface area contributed by atoms with Crippen LogP contribution in [-0.4, -0.2) is 15.0 Å². The van der Waals surface area contributed by atoms with Gasteiger partial charge in [-0.2, -0.15) is 0 Å². The Hall–Kier alpha value is -2.55. The number of allylic oxidation sites excluding steroid dienone is 5. The van der Waals surface area contributed by atoms with Crippen molar-refractivity contribution in [3.05, 3.63) is 73.4 Å². The first-order valence-corrected chi connectivity index (χ1v) is 6.05. The Kier molecular flexibility index (Phi) is 4.34. The van der Waals surface area contributed by atoms with Crippen LogP contribution >= 0.6 is 0 Å². The normalized spacial score (nSPS) is 11.7. The number of hydrogen-bond donors (Lipinski definition) is 0. The molecule has 1 aromatic carbocycles. The summed E-state index contributed by atoms with van der Waals surface area (Å²) in [6, 6.07) is 9.84. The van der Waals surface area contributed by atoms with Gasteiger partial charge in [-0.05, 0) is 6.92 Å². The first kappa shape index (κ1) is 12.9. The Bertz CT molecular complexity index is 613. The Morgan fingerprint density at radius 2 is 1.95 bits per heavy atom. The molecule has 0 atom stereocenters. The average Bonchev–Trinajstić information content (AvgIpc) is 2.49. The van der Waals surface area contributed by atoms with Crippen molar-refractivity contribution in [3.8, 4) is 11.4 Å². The summed E-state index contributed by atoms with van der Waals surface area (Å²) < 4.78 is 0. The van der Waals surface area contributed by atoms with Crippen molar-refractivity contribution in [1.29, 1.82) is 0 Å². The molecule has 0 bridgehead atoms. The van der Waals surface area contributed by atoms with E-state index in [1.54, 1.807) is 6.08 Å². The molecule has 0 radical (unpaired) electrons. The summed E-state index contributed by atoms with van der Waals surface area (Å²) in [4.78, 5) is 12.9. The van der Waals surface area contributed by atoms with Crippen molar-refractivity contribution >= 4 is 5.57 Å². The number of rotatable bonds is 4. The van der Waals surface area contributed by atoms with Gasteiger partial charge in [0, 0.05) is 11.1 Å². The van der Waals surface area contributed by atoms with Crippen molar-refractivity contribution in [2.45, 2.75) is 6.92 Å². The minimum atomic E-state index is 0.627. The van der Waals surface area contributed by atoms with Gasteiger partial charge in [0.2, 0.25) is 0 Å². The SMILES string of the molecule is C=C/C(=C\C=C/C)c1ncnc(-c2ccccc2)n1. The molecule has 0 fully saturated rings. The summed E-state index contributed by atoms with van der Waals surface area (Å²) in [6.45, 7) is 5.75. The van der Waals surface area contributed by atoms with Gasteiger partial charge < -0.3 is 0 Å². The zero-order valence-corrected chi connectivity index (χ0v) is 10.8. The summed E-state index contributed by atoms with van der Waals surface area (Å²) in [5, 5.41) is 0. The van der Waals surface area contributed by atoms with Crippen LogP contribution in [0.2, 0.25) is 0 Å². The molecule has 0 saturated heterocycles. The molecule has 3 nitrogen and oxygen atoms in total. The summed E-state index contributed by atoms with van der Waals surface area (Å²) in [5.74, 6) is 1.29. The van der Waals surface area contributed by atoms with E-state index in [1.807, 2.05) is 55.5 Å². The maximum absolute atomic E-state index is 4.47. The van der Waals surface area contributed by atoms with E-state index in [4.69, 9.17) is 0 Å². The van der Waals surface area contributed by atoms with Crippen LogP contribution in [0.15, 0.2) is 67.5 Å². The van der Waals surface area contributed by atoms with Gasteiger partial charge in [-0.25, -0.2) is 15.0 Å². The maximum atomic E-state index is 4.47. The molecule has 2 rings (SSSR count). The van der Waals surface area contributed by atoms with Crippen molar-refractivity contribution in [3.63, 3.8) is 0 Å². The highest BCUT2D eigenvalue weighted by Gasteiger charge is 2.05. The highest BCUT2D eigenvalue weighted by atomic mass is 15.0. The average molecular weight is 249 g/mol. The fourth-order valence-electron chi connectivity index (χ4n) is 1.60. The molecule has 1 aromatic heterocycles. The van der Waals surface area contributed by atoms with Crippen LogP contribution in [0.1, 0.15) is 12.7 Å². The lowest BCUT2D eigenvalue weighted by Crippen LogP contribution is -1.97. The molecule has 1 heterocycles. The molecule has 0 spiro atoms. The molecule has 3 heteroatoms. The molecular formula is C16H15N3. The minimum Gasteiger partial charge on any atom is -0.217 e. The van der Waals surface area contributed by atoms with Crippen LogP contribution in [0.3, 0.4) is 0 Å². The van der Waals surface area contributed by atoms with Crippen molar-refractivity contribution in [2.24, 2.45) is 0 Å². The predicted octanol–water partition coefficient (Wildman–Crippen LogP) is 3.68. The molecule has 0 saturated carbocycles. The molecule has 94 valence electrons. The van der Waals surface area contributed by atoms with Crippen LogP contribution < -0.4 is 0 Å². The van der Waals surface area contributed by atoms with Crippen LogP contribution in [0.25, 0.3) is 17.0 Å². The van der Waals surface area contributed by atoms with Gasteiger partial charge in [-0.3, -0.25) is 0 Å².